The number of hydrogen-bond donors (Lipinski definition) is 1. The average Bonchev–Trinajstić information content (AvgIpc) is 2.11. The molecule has 0 saturated carbocycles. The number of nitrogens with zero attached hydrogens (tertiary/aromatic N) is 3. The maximum atomic E-state index is 10.6. The molecule has 2 unspecified atom stereocenters. The maximum absolute atomic E-state index is 10.6. The van der Waals surface area contributed by atoms with Crippen molar-refractivity contribution in [2.45, 2.75) is 20.0 Å². The molecule has 6 heteroatoms. The van der Waals surface area contributed by atoms with Crippen LogP contribution < -0.4 is 0 Å². The van der Waals surface area contributed by atoms with Gasteiger partial charge in [-0.25, -0.2) is 4.79 Å². The van der Waals surface area contributed by atoms with E-state index in [4.69, 9.17) is 10.4 Å². The van der Waals surface area contributed by atoms with Crippen molar-refractivity contribution in [1.29, 1.82) is 5.26 Å². The summed E-state index contributed by atoms with van der Waals surface area (Å²) in [6.45, 7) is 3.48. The lowest BCUT2D eigenvalue weighted by Gasteiger charge is -2.25. The molecule has 0 saturated heterocycles. The van der Waals surface area contributed by atoms with Crippen molar-refractivity contribution in [1.82, 2.24) is 4.90 Å². The maximum Gasteiger partial charge on any atom is 0.408 e. The lowest BCUT2D eigenvalue weighted by atomic mass is 9.94. The topological polar surface area (TPSA) is 93.8 Å². The standard InChI is InChI=1S/C8H13N3O3/c1-5(2)6(4-9)7(10-14)11(3)8(12)13/h5-7H,1-3H3,(H,12,13). The normalized spacial score (nSPS) is 14.2. The Balaban J connectivity index is 4.79. The van der Waals surface area contributed by atoms with Gasteiger partial charge in [-0.1, -0.05) is 13.8 Å². The van der Waals surface area contributed by atoms with Gasteiger partial charge >= 0.3 is 6.09 Å². The van der Waals surface area contributed by atoms with Gasteiger partial charge in [0, 0.05) is 7.05 Å². The van der Waals surface area contributed by atoms with Crippen LogP contribution in [0.3, 0.4) is 0 Å². The molecule has 78 valence electrons. The van der Waals surface area contributed by atoms with Crippen LogP contribution in [0.2, 0.25) is 0 Å². The third-order valence-corrected chi connectivity index (χ3v) is 2.00. The van der Waals surface area contributed by atoms with Gasteiger partial charge in [0.15, 0.2) is 6.17 Å². The molecule has 2 atom stereocenters. The SMILES string of the molecule is CC(C)C(C#N)C(N=O)N(C)C(=O)O. The summed E-state index contributed by atoms with van der Waals surface area (Å²) in [5, 5.41) is 20.1. The Kier molecular flexibility index (Phi) is 4.56. The number of amides is 1. The molecule has 0 aromatic carbocycles. The molecule has 0 radical (unpaired) electrons. The molecule has 0 aromatic rings. The van der Waals surface area contributed by atoms with E-state index in [-0.39, 0.29) is 5.92 Å². The summed E-state index contributed by atoms with van der Waals surface area (Å²) in [6.07, 6.45) is -2.41. The lowest BCUT2D eigenvalue weighted by molar-refractivity contribution is 0.123. The van der Waals surface area contributed by atoms with E-state index in [1.807, 2.05) is 6.07 Å². The Hall–Kier alpha value is -1.64. The molecule has 1 N–H and O–H groups in total. The van der Waals surface area contributed by atoms with Crippen molar-refractivity contribution in [2.75, 3.05) is 7.05 Å². The molecule has 14 heavy (non-hydrogen) atoms. The average molecular weight is 199 g/mol. The Labute approximate surface area is 82.1 Å². The quantitative estimate of drug-likeness (QED) is 0.694. The third kappa shape index (κ3) is 2.69. The van der Waals surface area contributed by atoms with Gasteiger partial charge in [-0.2, -0.15) is 5.26 Å². The van der Waals surface area contributed by atoms with Gasteiger partial charge in [-0.3, -0.25) is 4.90 Å². The van der Waals surface area contributed by atoms with Gasteiger partial charge in [0.05, 0.1) is 12.0 Å². The van der Waals surface area contributed by atoms with Crippen molar-refractivity contribution in [3.63, 3.8) is 0 Å². The van der Waals surface area contributed by atoms with Crippen LogP contribution in [0.4, 0.5) is 4.79 Å². The predicted octanol–water partition coefficient (Wildman–Crippen LogP) is 1.48. The van der Waals surface area contributed by atoms with Gasteiger partial charge in [0.2, 0.25) is 0 Å². The van der Waals surface area contributed by atoms with Crippen molar-refractivity contribution < 1.29 is 9.90 Å². The minimum Gasteiger partial charge on any atom is -0.465 e. The molecule has 0 aromatic heterocycles. The molecule has 0 spiro atoms. The summed E-state index contributed by atoms with van der Waals surface area (Å²) in [7, 11) is 1.22. The number of nitroso groups, excluding NO2 is 1. The molecule has 0 fully saturated rings. The number of nitriles is 1. The molecule has 0 aliphatic rings. The van der Waals surface area contributed by atoms with E-state index < -0.39 is 18.2 Å². The third-order valence-electron chi connectivity index (χ3n) is 2.00. The van der Waals surface area contributed by atoms with Crippen LogP contribution in [0, 0.1) is 28.1 Å². The summed E-state index contributed by atoms with van der Waals surface area (Å²) < 4.78 is 0. The van der Waals surface area contributed by atoms with E-state index in [0.717, 1.165) is 4.90 Å². The fourth-order valence-corrected chi connectivity index (χ4v) is 1.05. The van der Waals surface area contributed by atoms with Crippen molar-refractivity contribution >= 4 is 6.09 Å². The van der Waals surface area contributed by atoms with E-state index in [0.29, 0.717) is 0 Å². The fraction of sp³-hybridized carbons (Fsp3) is 0.750. The Bertz CT molecular complexity index is 259. The van der Waals surface area contributed by atoms with Crippen molar-refractivity contribution in [2.24, 2.45) is 17.0 Å². The summed E-state index contributed by atoms with van der Waals surface area (Å²) >= 11 is 0. The van der Waals surface area contributed by atoms with E-state index in [2.05, 4.69) is 5.18 Å². The van der Waals surface area contributed by atoms with Crippen LogP contribution in [0.25, 0.3) is 0 Å². The smallest absolute Gasteiger partial charge is 0.408 e. The first-order valence-electron chi connectivity index (χ1n) is 4.13. The molecular weight excluding hydrogens is 186 g/mol. The zero-order chi connectivity index (χ0) is 11.3. The highest BCUT2D eigenvalue weighted by atomic mass is 16.4. The number of carboxylic acid groups (broad SMARTS) is 1. The molecule has 1 amide bonds. The summed E-state index contributed by atoms with van der Waals surface area (Å²) in [6, 6.07) is 1.89. The van der Waals surface area contributed by atoms with Gasteiger partial charge in [0.25, 0.3) is 0 Å². The Morgan fingerprint density at radius 1 is 1.57 bits per heavy atom. The minimum atomic E-state index is -1.27. The van der Waals surface area contributed by atoms with Crippen LogP contribution in [0.5, 0.6) is 0 Å². The number of rotatable bonds is 4. The highest BCUT2D eigenvalue weighted by Crippen LogP contribution is 2.19. The van der Waals surface area contributed by atoms with Crippen LogP contribution in [0.1, 0.15) is 13.8 Å². The first-order chi connectivity index (χ1) is 6.45. The van der Waals surface area contributed by atoms with E-state index in [9.17, 15) is 9.70 Å². The molecular formula is C8H13N3O3. The zero-order valence-corrected chi connectivity index (χ0v) is 8.34. The predicted molar refractivity (Wildman–Crippen MR) is 49.3 cm³/mol. The molecule has 0 aliphatic heterocycles. The zero-order valence-electron chi connectivity index (χ0n) is 8.34. The Morgan fingerprint density at radius 3 is 2.29 bits per heavy atom. The Morgan fingerprint density at radius 2 is 2.07 bits per heavy atom. The molecule has 6 nitrogen and oxygen atoms in total. The van der Waals surface area contributed by atoms with Crippen molar-refractivity contribution in [3.05, 3.63) is 4.91 Å². The van der Waals surface area contributed by atoms with Gasteiger partial charge in [0.1, 0.15) is 0 Å². The molecule has 0 rings (SSSR count). The first kappa shape index (κ1) is 12.4. The van der Waals surface area contributed by atoms with Gasteiger partial charge in [-0.05, 0) is 11.1 Å². The lowest BCUT2D eigenvalue weighted by Crippen LogP contribution is -2.41. The highest BCUT2D eigenvalue weighted by molar-refractivity contribution is 5.65. The van der Waals surface area contributed by atoms with Gasteiger partial charge in [-0.15, -0.1) is 4.91 Å². The van der Waals surface area contributed by atoms with Crippen LogP contribution in [0.15, 0.2) is 5.18 Å². The van der Waals surface area contributed by atoms with Crippen LogP contribution >= 0.6 is 0 Å². The van der Waals surface area contributed by atoms with E-state index >= 15 is 0 Å². The summed E-state index contributed by atoms with van der Waals surface area (Å²) in [4.78, 5) is 21.8. The van der Waals surface area contributed by atoms with Crippen LogP contribution in [-0.4, -0.2) is 29.3 Å². The van der Waals surface area contributed by atoms with Crippen molar-refractivity contribution in [3.8, 4) is 6.07 Å². The second-order valence-corrected chi connectivity index (χ2v) is 3.31. The second kappa shape index (κ2) is 5.17. The van der Waals surface area contributed by atoms with E-state index in [1.165, 1.54) is 7.05 Å². The second-order valence-electron chi connectivity index (χ2n) is 3.31. The minimum absolute atomic E-state index is 0.121. The number of hydrogen-bond acceptors (Lipinski definition) is 4. The van der Waals surface area contributed by atoms with Gasteiger partial charge < -0.3 is 5.11 Å². The monoisotopic (exact) mass is 199 g/mol. The van der Waals surface area contributed by atoms with E-state index in [1.54, 1.807) is 13.8 Å². The first-order valence-corrected chi connectivity index (χ1v) is 4.13. The number of carbonyl (C=O) groups is 1. The summed E-state index contributed by atoms with van der Waals surface area (Å²) in [5.74, 6) is -0.835. The molecule has 0 aliphatic carbocycles. The largest absolute Gasteiger partial charge is 0.465 e. The van der Waals surface area contributed by atoms with Crippen LogP contribution in [-0.2, 0) is 0 Å². The summed E-state index contributed by atoms with van der Waals surface area (Å²) in [5.41, 5.74) is 0. The highest BCUT2D eigenvalue weighted by Gasteiger charge is 2.31. The molecule has 0 heterocycles. The fourth-order valence-electron chi connectivity index (χ4n) is 1.05. The molecule has 0 bridgehead atoms.